The second-order valence-electron chi connectivity index (χ2n) is 3.40. The molecule has 0 spiro atoms. The minimum absolute atomic E-state index is 0.0127. The van der Waals surface area contributed by atoms with E-state index >= 15 is 0 Å². The van der Waals surface area contributed by atoms with Gasteiger partial charge in [0.15, 0.2) is 0 Å². The van der Waals surface area contributed by atoms with Crippen molar-refractivity contribution in [3.8, 4) is 0 Å². The van der Waals surface area contributed by atoms with Gasteiger partial charge in [0.05, 0.1) is 10.1 Å². The van der Waals surface area contributed by atoms with Gasteiger partial charge in [0, 0.05) is 19.8 Å². The van der Waals surface area contributed by atoms with E-state index in [4.69, 9.17) is 0 Å². The van der Waals surface area contributed by atoms with E-state index in [2.05, 4.69) is 37.9 Å². The van der Waals surface area contributed by atoms with Crippen molar-refractivity contribution in [1.29, 1.82) is 0 Å². The fraction of sp³-hybridized carbons (Fsp3) is 0.500. The molecule has 0 fully saturated rings. The van der Waals surface area contributed by atoms with Crippen molar-refractivity contribution in [3.05, 3.63) is 16.1 Å². The third kappa shape index (κ3) is 3.92. The number of likely N-dealkylation sites (N-methyl/N-ethyl adjacent to an activating group) is 1. The standard InChI is InChI=1S/C10H15IN4O/c1-3-4-13-9(16)6-15(2)10-8(11)5-12-7-14-10/h5,7H,3-4,6H2,1-2H3,(H,13,16). The molecule has 5 nitrogen and oxygen atoms in total. The number of amides is 1. The van der Waals surface area contributed by atoms with Crippen molar-refractivity contribution >= 4 is 34.3 Å². The molecule has 16 heavy (non-hydrogen) atoms. The topological polar surface area (TPSA) is 58.1 Å². The van der Waals surface area contributed by atoms with E-state index in [0.29, 0.717) is 13.1 Å². The van der Waals surface area contributed by atoms with Crippen molar-refractivity contribution in [1.82, 2.24) is 15.3 Å². The molecule has 0 saturated carbocycles. The third-order valence-corrected chi connectivity index (χ3v) is 2.72. The molecule has 0 bridgehead atoms. The Morgan fingerprint density at radius 1 is 1.62 bits per heavy atom. The van der Waals surface area contributed by atoms with Crippen LogP contribution in [0, 0.1) is 3.57 Å². The summed E-state index contributed by atoms with van der Waals surface area (Å²) in [6, 6.07) is 0. The minimum Gasteiger partial charge on any atom is -0.355 e. The Kier molecular flexibility index (Phi) is 5.44. The van der Waals surface area contributed by atoms with Crippen LogP contribution >= 0.6 is 22.6 Å². The van der Waals surface area contributed by atoms with Crippen molar-refractivity contribution in [2.75, 3.05) is 25.0 Å². The summed E-state index contributed by atoms with van der Waals surface area (Å²) in [5.41, 5.74) is 0. The van der Waals surface area contributed by atoms with Gasteiger partial charge in [-0.05, 0) is 29.0 Å². The van der Waals surface area contributed by atoms with Gasteiger partial charge in [0.1, 0.15) is 12.1 Å². The van der Waals surface area contributed by atoms with Crippen LogP contribution in [0.15, 0.2) is 12.5 Å². The highest BCUT2D eigenvalue weighted by Gasteiger charge is 2.10. The summed E-state index contributed by atoms with van der Waals surface area (Å²) in [4.78, 5) is 21.4. The highest BCUT2D eigenvalue weighted by Crippen LogP contribution is 2.15. The number of hydrogen-bond donors (Lipinski definition) is 1. The van der Waals surface area contributed by atoms with Crippen LogP contribution in [0.2, 0.25) is 0 Å². The number of halogens is 1. The van der Waals surface area contributed by atoms with E-state index in [0.717, 1.165) is 15.8 Å². The van der Waals surface area contributed by atoms with Crippen LogP contribution in [0.5, 0.6) is 0 Å². The van der Waals surface area contributed by atoms with E-state index in [9.17, 15) is 4.79 Å². The van der Waals surface area contributed by atoms with Crippen molar-refractivity contribution in [3.63, 3.8) is 0 Å². The molecule has 88 valence electrons. The lowest BCUT2D eigenvalue weighted by molar-refractivity contribution is -0.119. The molecule has 0 saturated heterocycles. The van der Waals surface area contributed by atoms with Crippen molar-refractivity contribution in [2.45, 2.75) is 13.3 Å². The molecule has 1 amide bonds. The highest BCUT2D eigenvalue weighted by atomic mass is 127. The monoisotopic (exact) mass is 334 g/mol. The molecule has 0 atom stereocenters. The van der Waals surface area contributed by atoms with E-state index in [1.807, 2.05) is 18.9 Å². The van der Waals surface area contributed by atoms with Gasteiger partial charge in [-0.15, -0.1) is 0 Å². The maximum Gasteiger partial charge on any atom is 0.239 e. The number of anilines is 1. The van der Waals surface area contributed by atoms with Gasteiger partial charge in [0.25, 0.3) is 0 Å². The van der Waals surface area contributed by atoms with Crippen LogP contribution in [0.3, 0.4) is 0 Å². The number of rotatable bonds is 5. The number of nitrogens with zero attached hydrogens (tertiary/aromatic N) is 3. The Morgan fingerprint density at radius 3 is 3.00 bits per heavy atom. The average molecular weight is 334 g/mol. The van der Waals surface area contributed by atoms with Crippen LogP contribution in [0.4, 0.5) is 5.82 Å². The largest absolute Gasteiger partial charge is 0.355 e. The Bertz CT molecular complexity index is 358. The molecule has 1 heterocycles. The molecule has 0 aliphatic heterocycles. The van der Waals surface area contributed by atoms with E-state index < -0.39 is 0 Å². The van der Waals surface area contributed by atoms with Gasteiger partial charge in [-0.2, -0.15) is 0 Å². The Labute approximate surface area is 109 Å². The summed E-state index contributed by atoms with van der Waals surface area (Å²) in [6.07, 6.45) is 4.15. The van der Waals surface area contributed by atoms with E-state index in [-0.39, 0.29) is 5.91 Å². The first-order valence-electron chi connectivity index (χ1n) is 5.08. The number of aromatic nitrogens is 2. The molecule has 1 aromatic rings. The van der Waals surface area contributed by atoms with Gasteiger partial charge >= 0.3 is 0 Å². The van der Waals surface area contributed by atoms with Crippen LogP contribution in [0.25, 0.3) is 0 Å². The number of carbonyl (C=O) groups excluding carboxylic acids is 1. The maximum atomic E-state index is 11.5. The second kappa shape index (κ2) is 6.62. The lowest BCUT2D eigenvalue weighted by Crippen LogP contribution is -2.36. The SMILES string of the molecule is CCCNC(=O)CN(C)c1ncncc1I. The molecule has 0 aliphatic rings. The molecule has 0 radical (unpaired) electrons. The number of carbonyl (C=O) groups is 1. The van der Waals surface area contributed by atoms with Crippen molar-refractivity contribution < 1.29 is 4.79 Å². The summed E-state index contributed by atoms with van der Waals surface area (Å²) in [7, 11) is 1.84. The second-order valence-corrected chi connectivity index (χ2v) is 4.56. The Hall–Kier alpha value is -0.920. The van der Waals surface area contributed by atoms with E-state index in [1.165, 1.54) is 6.33 Å². The molecule has 1 N–H and O–H groups in total. The van der Waals surface area contributed by atoms with Gasteiger partial charge in [-0.25, -0.2) is 9.97 Å². The average Bonchev–Trinajstić information content (AvgIpc) is 2.26. The van der Waals surface area contributed by atoms with Gasteiger partial charge in [0.2, 0.25) is 5.91 Å². The minimum atomic E-state index is 0.0127. The molecule has 0 aromatic carbocycles. The smallest absolute Gasteiger partial charge is 0.239 e. The fourth-order valence-electron chi connectivity index (χ4n) is 1.20. The van der Waals surface area contributed by atoms with Crippen LogP contribution in [-0.4, -0.2) is 36.0 Å². The Morgan fingerprint density at radius 2 is 2.38 bits per heavy atom. The lowest BCUT2D eigenvalue weighted by Gasteiger charge is -2.18. The molecule has 1 aromatic heterocycles. The lowest BCUT2D eigenvalue weighted by atomic mass is 10.4. The molecular weight excluding hydrogens is 319 g/mol. The van der Waals surface area contributed by atoms with Gasteiger partial charge in [-0.3, -0.25) is 4.79 Å². The fourth-order valence-corrected chi connectivity index (χ4v) is 1.91. The first kappa shape index (κ1) is 13.1. The normalized spacial score (nSPS) is 9.94. The highest BCUT2D eigenvalue weighted by molar-refractivity contribution is 14.1. The zero-order valence-corrected chi connectivity index (χ0v) is 11.6. The summed E-state index contributed by atoms with van der Waals surface area (Å²) < 4.78 is 0.936. The summed E-state index contributed by atoms with van der Waals surface area (Å²) in [5, 5.41) is 2.83. The predicted octanol–water partition coefficient (Wildman–Crippen LogP) is 1.04. The summed E-state index contributed by atoms with van der Waals surface area (Å²) in [6.45, 7) is 3.05. The van der Waals surface area contributed by atoms with Crippen LogP contribution < -0.4 is 10.2 Å². The quantitative estimate of drug-likeness (QED) is 0.818. The van der Waals surface area contributed by atoms with Crippen molar-refractivity contribution in [2.24, 2.45) is 0 Å². The zero-order valence-electron chi connectivity index (χ0n) is 9.40. The van der Waals surface area contributed by atoms with Gasteiger partial charge < -0.3 is 10.2 Å². The number of hydrogen-bond acceptors (Lipinski definition) is 4. The zero-order chi connectivity index (χ0) is 12.0. The predicted molar refractivity (Wildman–Crippen MR) is 71.3 cm³/mol. The number of nitrogens with one attached hydrogen (secondary N) is 1. The molecule has 6 heteroatoms. The summed E-state index contributed by atoms with van der Waals surface area (Å²) in [5.74, 6) is 0.793. The third-order valence-electron chi connectivity index (χ3n) is 1.96. The molecule has 0 aliphatic carbocycles. The maximum absolute atomic E-state index is 11.5. The van der Waals surface area contributed by atoms with Crippen LogP contribution in [0.1, 0.15) is 13.3 Å². The Balaban J connectivity index is 2.55. The van der Waals surface area contributed by atoms with Crippen LogP contribution in [-0.2, 0) is 4.79 Å². The van der Waals surface area contributed by atoms with E-state index in [1.54, 1.807) is 6.20 Å². The van der Waals surface area contributed by atoms with Gasteiger partial charge in [-0.1, -0.05) is 6.92 Å². The molecule has 0 unspecified atom stereocenters. The summed E-state index contributed by atoms with van der Waals surface area (Å²) >= 11 is 2.15. The molecule has 1 rings (SSSR count). The first-order chi connectivity index (χ1) is 7.65. The molecular formula is C10H15IN4O. The first-order valence-corrected chi connectivity index (χ1v) is 6.16.